The van der Waals surface area contributed by atoms with Gasteiger partial charge in [-0.2, -0.15) is 0 Å². The largest absolute Gasteiger partial charge is 0.366 e. The van der Waals surface area contributed by atoms with Crippen LogP contribution in [0.4, 0.5) is 0 Å². The van der Waals surface area contributed by atoms with Crippen molar-refractivity contribution in [2.45, 2.75) is 62.8 Å². The molecule has 1 saturated heterocycles. The van der Waals surface area contributed by atoms with E-state index in [-0.39, 0.29) is 5.91 Å². The number of amides is 1. The molecule has 0 spiro atoms. The highest BCUT2D eigenvalue weighted by Gasteiger charge is 2.54. The predicted molar refractivity (Wildman–Crippen MR) is 95.0 cm³/mol. The van der Waals surface area contributed by atoms with Crippen molar-refractivity contribution in [3.05, 3.63) is 34.9 Å². The summed E-state index contributed by atoms with van der Waals surface area (Å²) in [7, 11) is 0. The number of hydrogen-bond donors (Lipinski definition) is 1. The smallest absolute Gasteiger partial charge is 0.248 e. The van der Waals surface area contributed by atoms with Crippen molar-refractivity contribution in [3.8, 4) is 0 Å². The van der Waals surface area contributed by atoms with Crippen LogP contribution < -0.4 is 5.73 Å². The first kappa shape index (κ1) is 14.9. The summed E-state index contributed by atoms with van der Waals surface area (Å²) in [5.41, 5.74) is 9.57. The highest BCUT2D eigenvalue weighted by atomic mass is 16.1. The molecule has 5 rings (SSSR count). The molecule has 4 aliphatic rings. The van der Waals surface area contributed by atoms with Gasteiger partial charge in [0.1, 0.15) is 0 Å². The van der Waals surface area contributed by atoms with Crippen LogP contribution >= 0.6 is 0 Å². The number of nitrogens with two attached hydrogens (primary N) is 1. The van der Waals surface area contributed by atoms with E-state index < -0.39 is 0 Å². The van der Waals surface area contributed by atoms with Crippen molar-refractivity contribution in [1.29, 1.82) is 0 Å². The predicted octanol–water partition coefficient (Wildman–Crippen LogP) is 3.25. The molecule has 2 bridgehead atoms. The average molecular weight is 324 g/mol. The number of likely N-dealkylation sites (tertiary alicyclic amines) is 1. The van der Waals surface area contributed by atoms with Crippen molar-refractivity contribution >= 4 is 5.91 Å². The molecule has 1 aromatic carbocycles. The van der Waals surface area contributed by atoms with E-state index in [0.29, 0.717) is 11.0 Å². The number of carbonyl (C=O) groups excluding carboxylic acids is 1. The molecule has 0 aromatic heterocycles. The number of hydrogen-bond acceptors (Lipinski definition) is 2. The van der Waals surface area contributed by atoms with Crippen molar-refractivity contribution in [2.75, 3.05) is 13.1 Å². The molecule has 2 saturated carbocycles. The average Bonchev–Trinajstić information content (AvgIpc) is 3.41. The van der Waals surface area contributed by atoms with Crippen molar-refractivity contribution in [2.24, 2.45) is 17.6 Å². The molecule has 3 aliphatic carbocycles. The molecule has 1 amide bonds. The highest BCUT2D eigenvalue weighted by Crippen LogP contribution is 2.56. The second-order valence-corrected chi connectivity index (χ2v) is 8.70. The maximum absolute atomic E-state index is 11.7. The number of primary amides is 1. The van der Waals surface area contributed by atoms with E-state index in [1.54, 1.807) is 0 Å². The molecule has 3 atom stereocenters. The Kier molecular flexibility index (Phi) is 3.31. The summed E-state index contributed by atoms with van der Waals surface area (Å²) in [6.07, 6.45) is 10.7. The number of rotatable bonds is 3. The van der Waals surface area contributed by atoms with E-state index in [1.807, 2.05) is 6.07 Å². The van der Waals surface area contributed by atoms with Crippen LogP contribution in [0.1, 0.15) is 66.4 Å². The second-order valence-electron chi connectivity index (χ2n) is 8.70. The van der Waals surface area contributed by atoms with E-state index in [0.717, 1.165) is 17.9 Å². The summed E-state index contributed by atoms with van der Waals surface area (Å²) < 4.78 is 0. The molecule has 24 heavy (non-hydrogen) atoms. The standard InChI is InChI=1S/C21H28N2O/c22-20(24)16-7-6-15-12-19-17-3-1-2-8-21(17,18(15)11-16)9-10-23(19)13-14-4-5-14/h6-7,11,14,17,19H,1-5,8-10,12-13H2,(H2,22,24)/t17-,19-,21-/m0/s1. The summed E-state index contributed by atoms with van der Waals surface area (Å²) in [4.78, 5) is 14.5. The van der Waals surface area contributed by atoms with Crippen LogP contribution in [0.5, 0.6) is 0 Å². The third-order valence-electron chi connectivity index (χ3n) is 7.43. The first-order chi connectivity index (χ1) is 11.7. The van der Waals surface area contributed by atoms with Gasteiger partial charge in [-0.1, -0.05) is 18.9 Å². The molecule has 0 radical (unpaired) electrons. The molecule has 1 heterocycles. The number of benzene rings is 1. The van der Waals surface area contributed by atoms with Crippen LogP contribution in [0.25, 0.3) is 0 Å². The number of fused-ring (bicyclic) bond motifs is 1. The molecule has 3 nitrogen and oxygen atoms in total. The minimum atomic E-state index is -0.283. The van der Waals surface area contributed by atoms with Crippen LogP contribution in [0.3, 0.4) is 0 Å². The molecule has 128 valence electrons. The molecule has 0 unspecified atom stereocenters. The monoisotopic (exact) mass is 324 g/mol. The van der Waals surface area contributed by atoms with Crippen LogP contribution in [-0.2, 0) is 11.8 Å². The van der Waals surface area contributed by atoms with E-state index in [4.69, 9.17) is 5.73 Å². The van der Waals surface area contributed by atoms with Crippen molar-refractivity contribution < 1.29 is 4.79 Å². The second kappa shape index (κ2) is 5.32. The zero-order valence-electron chi connectivity index (χ0n) is 14.5. The summed E-state index contributed by atoms with van der Waals surface area (Å²) >= 11 is 0. The molecular weight excluding hydrogens is 296 g/mol. The summed E-state index contributed by atoms with van der Waals surface area (Å²) in [6.45, 7) is 2.57. The van der Waals surface area contributed by atoms with Gasteiger partial charge in [-0.25, -0.2) is 0 Å². The Morgan fingerprint density at radius 2 is 2.08 bits per heavy atom. The van der Waals surface area contributed by atoms with E-state index in [9.17, 15) is 4.79 Å². The molecule has 3 heteroatoms. The van der Waals surface area contributed by atoms with Gasteiger partial charge < -0.3 is 5.73 Å². The van der Waals surface area contributed by atoms with Crippen LogP contribution in [0.15, 0.2) is 18.2 Å². The van der Waals surface area contributed by atoms with Gasteiger partial charge in [-0.3, -0.25) is 9.69 Å². The number of piperidine rings is 1. The van der Waals surface area contributed by atoms with Crippen molar-refractivity contribution in [3.63, 3.8) is 0 Å². The fraction of sp³-hybridized carbons (Fsp3) is 0.667. The lowest BCUT2D eigenvalue weighted by molar-refractivity contribution is -0.0133. The SMILES string of the molecule is NC(=O)c1ccc2c(c1)[C@]13CCCC[C@H]1[C@H](C2)N(CC1CC1)CC3. The van der Waals surface area contributed by atoms with Gasteiger partial charge in [0.2, 0.25) is 5.91 Å². The Hall–Kier alpha value is -1.35. The fourth-order valence-corrected chi connectivity index (χ4v) is 6.10. The Balaban J connectivity index is 1.58. The minimum Gasteiger partial charge on any atom is -0.366 e. The highest BCUT2D eigenvalue weighted by molar-refractivity contribution is 5.93. The maximum Gasteiger partial charge on any atom is 0.248 e. The normalized spacial score (nSPS) is 35.2. The Morgan fingerprint density at radius 1 is 1.21 bits per heavy atom. The first-order valence-electron chi connectivity index (χ1n) is 9.85. The molecular formula is C21H28N2O. The summed E-state index contributed by atoms with van der Waals surface area (Å²) in [5.74, 6) is 1.48. The van der Waals surface area contributed by atoms with Crippen LogP contribution in [0.2, 0.25) is 0 Å². The Morgan fingerprint density at radius 3 is 2.88 bits per heavy atom. The Labute approximate surface area is 144 Å². The van der Waals surface area contributed by atoms with Crippen LogP contribution in [0, 0.1) is 11.8 Å². The van der Waals surface area contributed by atoms with E-state index >= 15 is 0 Å². The van der Waals surface area contributed by atoms with Gasteiger partial charge in [-0.05, 0) is 80.2 Å². The quantitative estimate of drug-likeness (QED) is 0.927. The van der Waals surface area contributed by atoms with Crippen molar-refractivity contribution in [1.82, 2.24) is 4.90 Å². The molecule has 1 aromatic rings. The number of nitrogens with zero attached hydrogens (tertiary/aromatic N) is 1. The van der Waals surface area contributed by atoms with Crippen LogP contribution in [-0.4, -0.2) is 29.9 Å². The lowest BCUT2D eigenvalue weighted by Gasteiger charge is -2.59. The third kappa shape index (κ3) is 2.17. The third-order valence-corrected chi connectivity index (χ3v) is 7.43. The lowest BCUT2D eigenvalue weighted by atomic mass is 9.52. The van der Waals surface area contributed by atoms with Gasteiger partial charge in [0, 0.05) is 23.6 Å². The molecule has 2 N–H and O–H groups in total. The van der Waals surface area contributed by atoms with Gasteiger partial charge in [0.25, 0.3) is 0 Å². The van der Waals surface area contributed by atoms with Gasteiger partial charge in [0.15, 0.2) is 0 Å². The van der Waals surface area contributed by atoms with E-state index in [1.165, 1.54) is 75.6 Å². The molecule has 3 fully saturated rings. The van der Waals surface area contributed by atoms with Gasteiger partial charge >= 0.3 is 0 Å². The van der Waals surface area contributed by atoms with Gasteiger partial charge in [-0.15, -0.1) is 0 Å². The van der Waals surface area contributed by atoms with E-state index in [2.05, 4.69) is 17.0 Å². The summed E-state index contributed by atoms with van der Waals surface area (Å²) in [5, 5.41) is 0. The topological polar surface area (TPSA) is 46.3 Å². The Bertz CT molecular complexity index is 680. The zero-order chi connectivity index (χ0) is 16.3. The summed E-state index contributed by atoms with van der Waals surface area (Å²) in [6, 6.07) is 7.03. The van der Waals surface area contributed by atoms with Gasteiger partial charge in [0.05, 0.1) is 0 Å². The maximum atomic E-state index is 11.7. The zero-order valence-corrected chi connectivity index (χ0v) is 14.5. The fourth-order valence-electron chi connectivity index (χ4n) is 6.10. The number of carbonyl (C=O) groups is 1. The lowest BCUT2D eigenvalue weighted by Crippen LogP contribution is -2.61. The molecule has 1 aliphatic heterocycles. The minimum absolute atomic E-state index is 0.283. The first-order valence-corrected chi connectivity index (χ1v) is 9.85.